The van der Waals surface area contributed by atoms with Gasteiger partial charge in [-0.15, -0.1) is 0 Å². The van der Waals surface area contributed by atoms with Crippen molar-refractivity contribution in [3.05, 3.63) is 35.4 Å². The highest BCUT2D eigenvalue weighted by atomic mass is 32.1. The zero-order valence-corrected chi connectivity index (χ0v) is 10.0. The molecule has 1 aromatic rings. The van der Waals surface area contributed by atoms with Crippen LogP contribution < -0.4 is 5.73 Å². The van der Waals surface area contributed by atoms with Crippen LogP contribution in [0.3, 0.4) is 0 Å². The van der Waals surface area contributed by atoms with Crippen molar-refractivity contribution in [1.29, 1.82) is 0 Å². The quantitative estimate of drug-likeness (QED) is 0.779. The van der Waals surface area contributed by atoms with Crippen molar-refractivity contribution in [2.24, 2.45) is 11.7 Å². The van der Waals surface area contributed by atoms with Crippen molar-refractivity contribution in [3.63, 3.8) is 0 Å². The highest BCUT2D eigenvalue weighted by Gasteiger charge is 1.98. The molecule has 1 aromatic carbocycles. The minimum absolute atomic E-state index is 0.435. The number of ether oxygens (including phenoxy) is 1. The van der Waals surface area contributed by atoms with E-state index in [2.05, 4.69) is 13.8 Å². The maximum absolute atomic E-state index is 5.52. The first-order valence-electron chi connectivity index (χ1n) is 5.06. The first-order valence-corrected chi connectivity index (χ1v) is 5.47. The minimum Gasteiger partial charge on any atom is -0.389 e. The summed E-state index contributed by atoms with van der Waals surface area (Å²) in [5.41, 5.74) is 7.55. The van der Waals surface area contributed by atoms with E-state index in [0.717, 1.165) is 17.7 Å². The summed E-state index contributed by atoms with van der Waals surface area (Å²) in [7, 11) is 0. The topological polar surface area (TPSA) is 35.2 Å². The van der Waals surface area contributed by atoms with Gasteiger partial charge in [-0.2, -0.15) is 0 Å². The van der Waals surface area contributed by atoms with Crippen LogP contribution in [0.15, 0.2) is 24.3 Å². The molecule has 0 radical (unpaired) electrons. The van der Waals surface area contributed by atoms with Crippen LogP contribution in [0.25, 0.3) is 0 Å². The number of nitrogens with two attached hydrogens (primary N) is 1. The van der Waals surface area contributed by atoms with Gasteiger partial charge in [0.25, 0.3) is 0 Å². The Bertz CT molecular complexity index is 319. The number of hydrogen-bond donors (Lipinski definition) is 1. The molecule has 0 aliphatic carbocycles. The van der Waals surface area contributed by atoms with Crippen LogP contribution in [0.4, 0.5) is 0 Å². The maximum atomic E-state index is 5.52. The molecule has 15 heavy (non-hydrogen) atoms. The Hall–Kier alpha value is -0.930. The van der Waals surface area contributed by atoms with Gasteiger partial charge >= 0.3 is 0 Å². The van der Waals surface area contributed by atoms with Gasteiger partial charge in [0, 0.05) is 12.2 Å². The van der Waals surface area contributed by atoms with Gasteiger partial charge in [0.05, 0.1) is 6.61 Å². The summed E-state index contributed by atoms with van der Waals surface area (Å²) in [4.78, 5) is 0.435. The second-order valence-electron chi connectivity index (χ2n) is 3.97. The summed E-state index contributed by atoms with van der Waals surface area (Å²) in [5.74, 6) is 0.570. The van der Waals surface area contributed by atoms with Gasteiger partial charge < -0.3 is 10.5 Å². The van der Waals surface area contributed by atoms with Crippen molar-refractivity contribution in [3.8, 4) is 0 Å². The molecule has 0 spiro atoms. The fourth-order valence-corrected chi connectivity index (χ4v) is 1.31. The van der Waals surface area contributed by atoms with Gasteiger partial charge in [-0.05, 0) is 11.5 Å². The third kappa shape index (κ3) is 4.40. The van der Waals surface area contributed by atoms with Gasteiger partial charge in [0.15, 0.2) is 0 Å². The third-order valence-corrected chi connectivity index (χ3v) is 2.19. The lowest BCUT2D eigenvalue weighted by Gasteiger charge is -2.07. The molecular weight excluding hydrogens is 206 g/mol. The monoisotopic (exact) mass is 223 g/mol. The second-order valence-corrected chi connectivity index (χ2v) is 4.41. The molecule has 0 atom stereocenters. The van der Waals surface area contributed by atoms with E-state index in [1.54, 1.807) is 0 Å². The van der Waals surface area contributed by atoms with E-state index in [0.29, 0.717) is 17.5 Å². The zero-order chi connectivity index (χ0) is 11.3. The standard InChI is InChI=1S/C12H17NOS/c1-9(2)7-14-8-10-3-5-11(6-4-10)12(13)15/h3-6,9H,7-8H2,1-2H3,(H2,13,15). The smallest absolute Gasteiger partial charge is 0.103 e. The van der Waals surface area contributed by atoms with Crippen LogP contribution in [0.5, 0.6) is 0 Å². The van der Waals surface area contributed by atoms with Crippen molar-refractivity contribution >= 4 is 17.2 Å². The Morgan fingerprint density at radius 2 is 1.93 bits per heavy atom. The Balaban J connectivity index is 2.46. The van der Waals surface area contributed by atoms with E-state index in [9.17, 15) is 0 Å². The van der Waals surface area contributed by atoms with Gasteiger partial charge in [-0.3, -0.25) is 0 Å². The molecule has 0 amide bonds. The molecule has 0 fully saturated rings. The first-order chi connectivity index (χ1) is 7.09. The van der Waals surface area contributed by atoms with Crippen molar-refractivity contribution in [2.45, 2.75) is 20.5 Å². The predicted molar refractivity (Wildman–Crippen MR) is 66.8 cm³/mol. The molecule has 1 rings (SSSR count). The Morgan fingerprint density at radius 3 is 2.40 bits per heavy atom. The van der Waals surface area contributed by atoms with E-state index < -0.39 is 0 Å². The largest absolute Gasteiger partial charge is 0.389 e. The molecule has 0 aromatic heterocycles. The molecule has 82 valence electrons. The number of hydrogen-bond acceptors (Lipinski definition) is 2. The molecular formula is C12H17NOS. The Kier molecular flexibility index (Phi) is 4.72. The van der Waals surface area contributed by atoms with Crippen molar-refractivity contribution < 1.29 is 4.74 Å². The molecule has 0 bridgehead atoms. The molecule has 0 saturated carbocycles. The summed E-state index contributed by atoms with van der Waals surface area (Å²) < 4.78 is 5.52. The lowest BCUT2D eigenvalue weighted by Crippen LogP contribution is -2.09. The van der Waals surface area contributed by atoms with Gasteiger partial charge in [-0.1, -0.05) is 50.3 Å². The number of thiocarbonyl (C=S) groups is 1. The highest BCUT2D eigenvalue weighted by Crippen LogP contribution is 2.06. The average molecular weight is 223 g/mol. The van der Waals surface area contributed by atoms with Crippen LogP contribution in [0.2, 0.25) is 0 Å². The minimum atomic E-state index is 0.435. The highest BCUT2D eigenvalue weighted by molar-refractivity contribution is 7.80. The SMILES string of the molecule is CC(C)COCc1ccc(C(N)=S)cc1. The predicted octanol–water partition coefficient (Wildman–Crippen LogP) is 2.49. The van der Waals surface area contributed by atoms with E-state index in [4.69, 9.17) is 22.7 Å². The van der Waals surface area contributed by atoms with Crippen LogP contribution in [0.1, 0.15) is 25.0 Å². The molecule has 0 aliphatic heterocycles. The van der Waals surface area contributed by atoms with Crippen LogP contribution in [-0.4, -0.2) is 11.6 Å². The Morgan fingerprint density at radius 1 is 1.33 bits per heavy atom. The van der Waals surface area contributed by atoms with Gasteiger partial charge in [-0.25, -0.2) is 0 Å². The second kappa shape index (κ2) is 5.83. The molecule has 2 nitrogen and oxygen atoms in total. The molecule has 0 aliphatic rings. The molecule has 0 unspecified atom stereocenters. The zero-order valence-electron chi connectivity index (χ0n) is 9.19. The Labute approximate surface area is 96.4 Å². The summed E-state index contributed by atoms with van der Waals surface area (Å²) in [6.07, 6.45) is 0. The van der Waals surface area contributed by atoms with Crippen molar-refractivity contribution in [1.82, 2.24) is 0 Å². The summed E-state index contributed by atoms with van der Waals surface area (Å²) in [6.45, 7) is 5.71. The lowest BCUT2D eigenvalue weighted by molar-refractivity contribution is 0.0971. The van der Waals surface area contributed by atoms with E-state index in [-0.39, 0.29) is 0 Å². The van der Waals surface area contributed by atoms with E-state index >= 15 is 0 Å². The van der Waals surface area contributed by atoms with E-state index in [1.165, 1.54) is 0 Å². The molecule has 2 N–H and O–H groups in total. The molecule has 0 heterocycles. The number of rotatable bonds is 5. The third-order valence-electron chi connectivity index (χ3n) is 1.96. The van der Waals surface area contributed by atoms with Crippen LogP contribution in [-0.2, 0) is 11.3 Å². The maximum Gasteiger partial charge on any atom is 0.103 e. The van der Waals surface area contributed by atoms with Crippen molar-refractivity contribution in [2.75, 3.05) is 6.61 Å². The molecule has 0 saturated heterocycles. The van der Waals surface area contributed by atoms with Gasteiger partial charge in [0.1, 0.15) is 4.99 Å². The fraction of sp³-hybridized carbons (Fsp3) is 0.417. The first kappa shape index (κ1) is 12.1. The fourth-order valence-electron chi connectivity index (χ4n) is 1.18. The van der Waals surface area contributed by atoms with Crippen LogP contribution >= 0.6 is 12.2 Å². The lowest BCUT2D eigenvalue weighted by atomic mass is 10.1. The van der Waals surface area contributed by atoms with Gasteiger partial charge in [0.2, 0.25) is 0 Å². The summed E-state index contributed by atoms with van der Waals surface area (Å²) in [5, 5.41) is 0. The summed E-state index contributed by atoms with van der Waals surface area (Å²) in [6, 6.07) is 7.84. The summed E-state index contributed by atoms with van der Waals surface area (Å²) >= 11 is 4.87. The normalized spacial score (nSPS) is 10.6. The number of benzene rings is 1. The van der Waals surface area contributed by atoms with Crippen LogP contribution in [0, 0.1) is 5.92 Å². The molecule has 3 heteroatoms. The average Bonchev–Trinajstić information content (AvgIpc) is 2.18. The van der Waals surface area contributed by atoms with E-state index in [1.807, 2.05) is 24.3 Å².